The Bertz CT molecular complexity index is 298. The molecule has 18 heavy (non-hydrogen) atoms. The van der Waals surface area contributed by atoms with Gasteiger partial charge in [-0.05, 0) is 51.1 Å². The molecule has 2 heterocycles. The molecule has 0 saturated carbocycles. The Hall–Kier alpha value is -0.610. The van der Waals surface area contributed by atoms with Crippen molar-refractivity contribution in [1.82, 2.24) is 10.2 Å². The Morgan fingerprint density at radius 3 is 2.94 bits per heavy atom. The van der Waals surface area contributed by atoms with Crippen LogP contribution in [0.4, 0.5) is 0 Å². The van der Waals surface area contributed by atoms with E-state index < -0.39 is 5.60 Å². The number of rotatable bonds is 3. The fraction of sp³-hybridized carbons (Fsp3) is 0.929. The van der Waals surface area contributed by atoms with Crippen molar-refractivity contribution in [2.24, 2.45) is 11.8 Å². The third kappa shape index (κ3) is 3.45. The Balaban J connectivity index is 1.80. The number of hydrogen-bond donors (Lipinski definition) is 2. The molecule has 2 rings (SSSR count). The monoisotopic (exact) mass is 254 g/mol. The highest BCUT2D eigenvalue weighted by atomic mass is 16.3. The Morgan fingerprint density at radius 2 is 2.39 bits per heavy atom. The molecule has 2 aliphatic heterocycles. The predicted octanol–water partition coefficient (Wildman–Crippen LogP) is 0.995. The van der Waals surface area contributed by atoms with Crippen LogP contribution in [0.25, 0.3) is 0 Å². The van der Waals surface area contributed by atoms with E-state index in [0.717, 1.165) is 13.1 Å². The van der Waals surface area contributed by atoms with Gasteiger partial charge in [0.1, 0.15) is 0 Å². The van der Waals surface area contributed by atoms with Crippen LogP contribution in [0.15, 0.2) is 0 Å². The molecule has 1 amide bonds. The molecule has 3 unspecified atom stereocenters. The molecule has 104 valence electrons. The van der Waals surface area contributed by atoms with Gasteiger partial charge < -0.3 is 15.3 Å². The lowest BCUT2D eigenvalue weighted by atomic mass is 9.85. The van der Waals surface area contributed by atoms with Crippen LogP contribution in [-0.2, 0) is 4.79 Å². The van der Waals surface area contributed by atoms with Crippen LogP contribution in [0.1, 0.15) is 39.5 Å². The van der Waals surface area contributed by atoms with Gasteiger partial charge in [0.15, 0.2) is 0 Å². The lowest BCUT2D eigenvalue weighted by molar-refractivity contribution is -0.132. The summed E-state index contributed by atoms with van der Waals surface area (Å²) in [5.74, 6) is 1.28. The number of hydrogen-bond acceptors (Lipinski definition) is 3. The summed E-state index contributed by atoms with van der Waals surface area (Å²) < 4.78 is 0. The molecule has 0 bridgehead atoms. The SMILES string of the molecule is CC(CC(=O)N1CCC(C)(O)C1)C1CCCNC1. The van der Waals surface area contributed by atoms with E-state index in [-0.39, 0.29) is 5.91 Å². The highest BCUT2D eigenvalue weighted by Gasteiger charge is 2.34. The molecule has 4 heteroatoms. The third-order valence-electron chi connectivity index (χ3n) is 4.44. The van der Waals surface area contributed by atoms with E-state index in [1.165, 1.54) is 12.8 Å². The first-order valence-corrected chi connectivity index (χ1v) is 7.19. The summed E-state index contributed by atoms with van der Waals surface area (Å²) in [6, 6.07) is 0. The van der Waals surface area contributed by atoms with E-state index in [2.05, 4.69) is 12.2 Å². The molecule has 0 spiro atoms. The quantitative estimate of drug-likeness (QED) is 0.790. The van der Waals surface area contributed by atoms with Crippen molar-refractivity contribution < 1.29 is 9.90 Å². The second-order valence-corrected chi connectivity index (χ2v) is 6.35. The lowest BCUT2D eigenvalue weighted by Crippen LogP contribution is -2.38. The molecule has 0 radical (unpaired) electrons. The summed E-state index contributed by atoms with van der Waals surface area (Å²) in [6.45, 7) is 7.37. The van der Waals surface area contributed by atoms with Crippen LogP contribution in [0.5, 0.6) is 0 Å². The number of nitrogens with zero attached hydrogens (tertiary/aromatic N) is 1. The van der Waals surface area contributed by atoms with Gasteiger partial charge in [-0.2, -0.15) is 0 Å². The highest BCUT2D eigenvalue weighted by molar-refractivity contribution is 5.76. The van der Waals surface area contributed by atoms with E-state index in [9.17, 15) is 9.90 Å². The molecular formula is C14H26N2O2. The average Bonchev–Trinajstić information content (AvgIpc) is 2.71. The summed E-state index contributed by atoms with van der Waals surface area (Å²) in [5.41, 5.74) is -0.675. The summed E-state index contributed by atoms with van der Waals surface area (Å²) in [6.07, 6.45) is 3.79. The van der Waals surface area contributed by atoms with Crippen molar-refractivity contribution in [1.29, 1.82) is 0 Å². The summed E-state index contributed by atoms with van der Waals surface area (Å²) in [7, 11) is 0. The van der Waals surface area contributed by atoms with Gasteiger partial charge in [0.2, 0.25) is 5.91 Å². The first-order valence-electron chi connectivity index (χ1n) is 7.19. The minimum atomic E-state index is -0.675. The van der Waals surface area contributed by atoms with Crippen LogP contribution in [0.2, 0.25) is 0 Å². The van der Waals surface area contributed by atoms with E-state index >= 15 is 0 Å². The van der Waals surface area contributed by atoms with E-state index in [0.29, 0.717) is 37.8 Å². The topological polar surface area (TPSA) is 52.6 Å². The molecule has 2 saturated heterocycles. The van der Waals surface area contributed by atoms with E-state index in [4.69, 9.17) is 0 Å². The van der Waals surface area contributed by atoms with Gasteiger partial charge in [0, 0.05) is 19.5 Å². The second-order valence-electron chi connectivity index (χ2n) is 6.35. The Morgan fingerprint density at radius 1 is 1.61 bits per heavy atom. The average molecular weight is 254 g/mol. The van der Waals surface area contributed by atoms with Crippen molar-refractivity contribution >= 4 is 5.91 Å². The number of nitrogens with one attached hydrogen (secondary N) is 1. The maximum Gasteiger partial charge on any atom is 0.222 e. The fourth-order valence-corrected chi connectivity index (χ4v) is 3.09. The van der Waals surface area contributed by atoms with E-state index in [1.54, 1.807) is 0 Å². The molecule has 0 aromatic carbocycles. The molecular weight excluding hydrogens is 228 g/mol. The minimum absolute atomic E-state index is 0.214. The zero-order valence-corrected chi connectivity index (χ0v) is 11.6. The standard InChI is InChI=1S/C14H26N2O2/c1-11(12-4-3-6-15-9-12)8-13(17)16-7-5-14(2,18)10-16/h11-12,15,18H,3-10H2,1-2H3. The Kier molecular flexibility index (Phi) is 4.28. The molecule has 4 nitrogen and oxygen atoms in total. The molecule has 2 N–H and O–H groups in total. The van der Waals surface area contributed by atoms with E-state index in [1.807, 2.05) is 11.8 Å². The highest BCUT2D eigenvalue weighted by Crippen LogP contribution is 2.26. The normalized spacial score (nSPS) is 34.6. The third-order valence-corrected chi connectivity index (χ3v) is 4.44. The van der Waals surface area contributed by atoms with Gasteiger partial charge in [-0.15, -0.1) is 0 Å². The Labute approximate surface area is 110 Å². The summed E-state index contributed by atoms with van der Waals surface area (Å²) >= 11 is 0. The van der Waals surface area contributed by atoms with Gasteiger partial charge in [-0.1, -0.05) is 6.92 Å². The van der Waals surface area contributed by atoms with Crippen molar-refractivity contribution in [3.63, 3.8) is 0 Å². The zero-order chi connectivity index (χ0) is 13.2. The lowest BCUT2D eigenvalue weighted by Gasteiger charge is -2.29. The predicted molar refractivity (Wildman–Crippen MR) is 71.2 cm³/mol. The van der Waals surface area contributed by atoms with Crippen LogP contribution in [0, 0.1) is 11.8 Å². The fourth-order valence-electron chi connectivity index (χ4n) is 3.09. The van der Waals surface area contributed by atoms with Gasteiger partial charge in [-0.3, -0.25) is 4.79 Å². The number of piperidine rings is 1. The maximum absolute atomic E-state index is 12.2. The van der Waals surface area contributed by atoms with Crippen molar-refractivity contribution in [3.8, 4) is 0 Å². The number of carbonyl (C=O) groups excluding carboxylic acids is 1. The van der Waals surface area contributed by atoms with Gasteiger partial charge in [-0.25, -0.2) is 0 Å². The van der Waals surface area contributed by atoms with Crippen molar-refractivity contribution in [2.75, 3.05) is 26.2 Å². The second kappa shape index (κ2) is 5.57. The molecule has 0 aromatic heterocycles. The van der Waals surface area contributed by atoms with Gasteiger partial charge >= 0.3 is 0 Å². The number of aliphatic hydroxyl groups is 1. The zero-order valence-electron chi connectivity index (χ0n) is 11.6. The van der Waals surface area contributed by atoms with Gasteiger partial charge in [0.05, 0.1) is 5.60 Å². The molecule has 3 atom stereocenters. The number of β-amino-alcohol motifs (C(OH)–C–C–N with tert-alkyl or cyclic N) is 1. The molecule has 0 aromatic rings. The first kappa shape index (κ1) is 13.8. The number of carbonyl (C=O) groups is 1. The maximum atomic E-state index is 12.2. The largest absolute Gasteiger partial charge is 0.388 e. The van der Waals surface area contributed by atoms with Crippen molar-refractivity contribution in [3.05, 3.63) is 0 Å². The van der Waals surface area contributed by atoms with Crippen LogP contribution in [-0.4, -0.2) is 47.7 Å². The molecule has 2 fully saturated rings. The number of amides is 1. The summed E-state index contributed by atoms with van der Waals surface area (Å²) in [5, 5.41) is 13.3. The molecule has 0 aliphatic carbocycles. The first-order chi connectivity index (χ1) is 8.48. The van der Waals surface area contributed by atoms with Crippen LogP contribution < -0.4 is 5.32 Å². The minimum Gasteiger partial charge on any atom is -0.388 e. The van der Waals surface area contributed by atoms with Crippen LogP contribution in [0.3, 0.4) is 0 Å². The summed E-state index contributed by atoms with van der Waals surface area (Å²) in [4.78, 5) is 14.0. The van der Waals surface area contributed by atoms with Crippen molar-refractivity contribution in [2.45, 2.75) is 45.1 Å². The number of likely N-dealkylation sites (tertiary alicyclic amines) is 1. The molecule has 2 aliphatic rings. The van der Waals surface area contributed by atoms with Gasteiger partial charge in [0.25, 0.3) is 0 Å². The smallest absolute Gasteiger partial charge is 0.222 e. The van der Waals surface area contributed by atoms with Crippen LogP contribution >= 0.6 is 0 Å².